The van der Waals surface area contributed by atoms with Gasteiger partial charge in [-0.05, 0) is 92.9 Å². The molecule has 0 atom stereocenters. The molecule has 2 heterocycles. The van der Waals surface area contributed by atoms with Gasteiger partial charge in [-0.2, -0.15) is 0 Å². The molecule has 0 bridgehead atoms. The van der Waals surface area contributed by atoms with E-state index >= 15 is 0 Å². The van der Waals surface area contributed by atoms with E-state index in [0.29, 0.717) is 17.5 Å². The SMILES string of the molecule is Cc1ccc(-c2cccc(-c3nc(-c4ccc(-c5ccccc5)cc4)nc(-c4ccc5c(c4)oc4cc(-c6ccccc6)cc(-c6ccc(-c7ccccc7)cc6)c45)n3)c2)cc1. The summed E-state index contributed by atoms with van der Waals surface area (Å²) in [5.41, 5.74) is 16.8. The zero-order chi connectivity index (χ0) is 41.4. The van der Waals surface area contributed by atoms with Gasteiger partial charge in [0.15, 0.2) is 17.5 Å². The zero-order valence-corrected chi connectivity index (χ0v) is 34.0. The summed E-state index contributed by atoms with van der Waals surface area (Å²) in [6, 6.07) is 76.5. The molecule has 2 aromatic heterocycles. The number of nitrogens with zero attached hydrogens (tertiary/aromatic N) is 3. The molecule has 62 heavy (non-hydrogen) atoms. The van der Waals surface area contributed by atoms with Gasteiger partial charge in [0.25, 0.3) is 0 Å². The molecule has 11 rings (SSSR count). The van der Waals surface area contributed by atoms with E-state index in [4.69, 9.17) is 19.4 Å². The van der Waals surface area contributed by atoms with E-state index in [2.05, 4.69) is 207 Å². The minimum atomic E-state index is 0.571. The first kappa shape index (κ1) is 36.8. The van der Waals surface area contributed by atoms with Crippen LogP contribution in [0, 0.1) is 6.92 Å². The van der Waals surface area contributed by atoms with Gasteiger partial charge in [0, 0.05) is 27.5 Å². The van der Waals surface area contributed by atoms with E-state index in [9.17, 15) is 0 Å². The van der Waals surface area contributed by atoms with E-state index in [0.717, 1.165) is 83.1 Å². The summed E-state index contributed by atoms with van der Waals surface area (Å²) in [6.45, 7) is 2.11. The second-order valence-electron chi connectivity index (χ2n) is 15.7. The average Bonchev–Trinajstić information content (AvgIpc) is 3.73. The fourth-order valence-corrected chi connectivity index (χ4v) is 8.33. The third-order valence-electron chi connectivity index (χ3n) is 11.6. The number of benzene rings is 9. The minimum Gasteiger partial charge on any atom is -0.456 e. The largest absolute Gasteiger partial charge is 0.456 e. The van der Waals surface area contributed by atoms with E-state index < -0.39 is 0 Å². The van der Waals surface area contributed by atoms with Gasteiger partial charge in [-0.1, -0.05) is 194 Å². The van der Waals surface area contributed by atoms with Gasteiger partial charge in [0.05, 0.1) is 0 Å². The molecule has 0 amide bonds. The number of rotatable bonds is 8. The van der Waals surface area contributed by atoms with Crippen molar-refractivity contribution in [3.8, 4) is 89.8 Å². The maximum absolute atomic E-state index is 6.82. The number of fused-ring (bicyclic) bond motifs is 3. The highest BCUT2D eigenvalue weighted by Crippen LogP contribution is 2.42. The molecule has 0 saturated carbocycles. The van der Waals surface area contributed by atoms with E-state index in [1.807, 2.05) is 18.2 Å². The summed E-state index contributed by atoms with van der Waals surface area (Å²) in [5.74, 6) is 1.77. The van der Waals surface area contributed by atoms with Crippen LogP contribution in [0.4, 0.5) is 0 Å². The fourth-order valence-electron chi connectivity index (χ4n) is 8.33. The van der Waals surface area contributed by atoms with Gasteiger partial charge in [-0.25, -0.2) is 15.0 Å². The second-order valence-corrected chi connectivity index (χ2v) is 15.7. The van der Waals surface area contributed by atoms with Gasteiger partial charge in [0.1, 0.15) is 11.2 Å². The summed E-state index contributed by atoms with van der Waals surface area (Å²) >= 11 is 0. The van der Waals surface area contributed by atoms with Crippen molar-refractivity contribution in [3.05, 3.63) is 224 Å². The van der Waals surface area contributed by atoms with Crippen LogP contribution in [-0.2, 0) is 0 Å². The van der Waals surface area contributed by atoms with Gasteiger partial charge in [-0.15, -0.1) is 0 Å². The maximum atomic E-state index is 6.82. The zero-order valence-electron chi connectivity index (χ0n) is 34.0. The predicted octanol–water partition coefficient (Wildman–Crippen LogP) is 15.4. The van der Waals surface area contributed by atoms with Crippen LogP contribution in [0.3, 0.4) is 0 Å². The third kappa shape index (κ3) is 7.14. The number of aryl methyl sites for hydroxylation is 1. The molecule has 0 aliphatic rings. The first-order chi connectivity index (χ1) is 30.6. The normalized spacial score (nSPS) is 11.3. The standard InChI is InChI=1S/C58H39N3O/c1-38-20-22-44(23-21-38)47-18-11-19-48(34-47)57-59-56(46-30-26-43(27-31-46)40-14-7-3-8-15-40)60-58(61-57)49-32-33-51-53(36-49)62-54-37-50(41-16-9-4-10-17-41)35-52(55(51)54)45-28-24-42(25-29-45)39-12-5-2-6-13-39/h2-37H,1H3. The van der Waals surface area contributed by atoms with Crippen molar-refractivity contribution in [3.63, 3.8) is 0 Å². The predicted molar refractivity (Wildman–Crippen MR) is 255 cm³/mol. The van der Waals surface area contributed by atoms with Crippen molar-refractivity contribution in [2.24, 2.45) is 0 Å². The Morgan fingerprint density at radius 1 is 0.290 bits per heavy atom. The molecule has 11 aromatic rings. The Kier molecular flexibility index (Phi) is 9.36. The topological polar surface area (TPSA) is 51.8 Å². The first-order valence-corrected chi connectivity index (χ1v) is 20.9. The Labute approximate surface area is 360 Å². The highest BCUT2D eigenvalue weighted by Gasteiger charge is 2.19. The van der Waals surface area contributed by atoms with Crippen LogP contribution < -0.4 is 0 Å². The molecular formula is C58H39N3O. The summed E-state index contributed by atoms with van der Waals surface area (Å²) in [4.78, 5) is 15.4. The molecule has 0 spiro atoms. The number of aromatic nitrogens is 3. The highest BCUT2D eigenvalue weighted by atomic mass is 16.3. The molecule has 4 nitrogen and oxygen atoms in total. The van der Waals surface area contributed by atoms with Crippen molar-refractivity contribution in [2.45, 2.75) is 6.92 Å². The van der Waals surface area contributed by atoms with Crippen molar-refractivity contribution >= 4 is 21.9 Å². The van der Waals surface area contributed by atoms with Crippen LogP contribution in [0.15, 0.2) is 223 Å². The van der Waals surface area contributed by atoms with Gasteiger partial charge in [0.2, 0.25) is 0 Å². The molecular weight excluding hydrogens is 755 g/mol. The lowest BCUT2D eigenvalue weighted by atomic mass is 9.93. The molecule has 9 aromatic carbocycles. The summed E-state index contributed by atoms with van der Waals surface area (Å²) in [6.07, 6.45) is 0. The monoisotopic (exact) mass is 793 g/mol. The molecule has 0 N–H and O–H groups in total. The van der Waals surface area contributed by atoms with Crippen LogP contribution >= 0.6 is 0 Å². The van der Waals surface area contributed by atoms with Gasteiger partial charge in [-0.3, -0.25) is 0 Å². The Morgan fingerprint density at radius 2 is 0.694 bits per heavy atom. The minimum absolute atomic E-state index is 0.571. The van der Waals surface area contributed by atoms with Crippen LogP contribution in [0.1, 0.15) is 5.56 Å². The molecule has 0 fully saturated rings. The highest BCUT2D eigenvalue weighted by molar-refractivity contribution is 6.14. The van der Waals surface area contributed by atoms with E-state index in [1.165, 1.54) is 16.7 Å². The molecule has 0 radical (unpaired) electrons. The summed E-state index contributed by atoms with van der Waals surface area (Å²) < 4.78 is 6.82. The molecule has 4 heteroatoms. The fraction of sp³-hybridized carbons (Fsp3) is 0.0172. The smallest absolute Gasteiger partial charge is 0.164 e. The van der Waals surface area contributed by atoms with Gasteiger partial charge >= 0.3 is 0 Å². The van der Waals surface area contributed by atoms with E-state index in [1.54, 1.807) is 0 Å². The van der Waals surface area contributed by atoms with Crippen molar-refractivity contribution in [1.29, 1.82) is 0 Å². The number of furan rings is 1. The molecule has 292 valence electrons. The Bertz CT molecular complexity index is 3360. The maximum Gasteiger partial charge on any atom is 0.164 e. The Balaban J connectivity index is 1.05. The Morgan fingerprint density at radius 3 is 1.29 bits per heavy atom. The molecule has 0 unspecified atom stereocenters. The molecule has 0 aliphatic heterocycles. The van der Waals surface area contributed by atoms with Crippen LogP contribution in [0.5, 0.6) is 0 Å². The second kappa shape index (κ2) is 15.8. The third-order valence-corrected chi connectivity index (χ3v) is 11.6. The van der Waals surface area contributed by atoms with Crippen molar-refractivity contribution in [1.82, 2.24) is 15.0 Å². The number of hydrogen-bond acceptors (Lipinski definition) is 4. The lowest BCUT2D eigenvalue weighted by Gasteiger charge is -2.11. The lowest BCUT2D eigenvalue weighted by Crippen LogP contribution is -2.00. The summed E-state index contributed by atoms with van der Waals surface area (Å²) in [7, 11) is 0. The lowest BCUT2D eigenvalue weighted by molar-refractivity contribution is 0.669. The van der Waals surface area contributed by atoms with Crippen molar-refractivity contribution < 1.29 is 4.42 Å². The number of hydrogen-bond donors (Lipinski definition) is 0. The quantitative estimate of drug-likeness (QED) is 0.154. The Hall–Kier alpha value is -8.21. The van der Waals surface area contributed by atoms with Crippen LogP contribution in [0.2, 0.25) is 0 Å². The molecule has 0 saturated heterocycles. The van der Waals surface area contributed by atoms with Crippen molar-refractivity contribution in [2.75, 3.05) is 0 Å². The van der Waals surface area contributed by atoms with Crippen LogP contribution in [0.25, 0.3) is 112 Å². The first-order valence-electron chi connectivity index (χ1n) is 20.9. The van der Waals surface area contributed by atoms with Crippen LogP contribution in [-0.4, -0.2) is 15.0 Å². The van der Waals surface area contributed by atoms with E-state index in [-0.39, 0.29) is 0 Å². The average molecular weight is 794 g/mol. The summed E-state index contributed by atoms with van der Waals surface area (Å²) in [5, 5.41) is 2.10. The van der Waals surface area contributed by atoms with Gasteiger partial charge < -0.3 is 4.42 Å². The molecule has 0 aliphatic carbocycles.